The molecule has 0 atom stereocenters. The van der Waals surface area contributed by atoms with Crippen molar-refractivity contribution in [2.75, 3.05) is 31.6 Å². The number of benzene rings is 1. The second-order valence-corrected chi connectivity index (χ2v) is 7.30. The summed E-state index contributed by atoms with van der Waals surface area (Å²) in [4.78, 5) is 24.7. The summed E-state index contributed by atoms with van der Waals surface area (Å²) in [6.45, 7) is 4.11. The number of morpholine rings is 1. The molecule has 3 aromatic rings. The van der Waals surface area contributed by atoms with E-state index < -0.39 is 0 Å². The predicted octanol–water partition coefficient (Wildman–Crippen LogP) is 3.29. The first kappa shape index (κ1) is 17.8. The molecule has 1 aliphatic heterocycles. The lowest BCUT2D eigenvalue weighted by Crippen LogP contribution is -2.35. The van der Waals surface area contributed by atoms with Crippen LogP contribution in [-0.4, -0.2) is 47.1 Å². The molecule has 4 rings (SSSR count). The predicted molar refractivity (Wildman–Crippen MR) is 106 cm³/mol. The van der Waals surface area contributed by atoms with E-state index in [1.165, 1.54) is 11.3 Å². The molecule has 7 heteroatoms. The maximum atomic E-state index is 12.4. The largest absolute Gasteiger partial charge is 0.379 e. The Hall–Kier alpha value is -2.61. The zero-order chi connectivity index (χ0) is 18.5. The first-order valence-corrected chi connectivity index (χ1v) is 9.69. The van der Waals surface area contributed by atoms with E-state index in [1.807, 2.05) is 30.3 Å². The summed E-state index contributed by atoms with van der Waals surface area (Å²) in [7, 11) is 0. The van der Waals surface area contributed by atoms with Gasteiger partial charge in [0.05, 0.1) is 18.9 Å². The Morgan fingerprint density at radius 2 is 1.89 bits per heavy atom. The van der Waals surface area contributed by atoms with Crippen LogP contribution < -0.4 is 5.32 Å². The highest BCUT2D eigenvalue weighted by molar-refractivity contribution is 7.16. The Bertz CT molecular complexity index is 893. The van der Waals surface area contributed by atoms with Crippen molar-refractivity contribution in [3.8, 4) is 11.3 Å². The molecule has 1 saturated heterocycles. The zero-order valence-electron chi connectivity index (χ0n) is 14.8. The Morgan fingerprint density at radius 3 is 2.63 bits per heavy atom. The number of amides is 1. The molecule has 27 heavy (non-hydrogen) atoms. The summed E-state index contributed by atoms with van der Waals surface area (Å²) in [6.07, 6.45) is 1.61. The number of anilines is 1. The lowest BCUT2D eigenvalue weighted by atomic mass is 10.1. The fraction of sp³-hybridized carbons (Fsp3) is 0.250. The molecule has 6 nitrogen and oxygen atoms in total. The second-order valence-electron chi connectivity index (χ2n) is 6.21. The minimum absolute atomic E-state index is 0.248. The zero-order valence-corrected chi connectivity index (χ0v) is 15.6. The number of ether oxygens (including phenoxy) is 1. The molecule has 138 valence electrons. The van der Waals surface area contributed by atoms with Crippen LogP contribution in [0, 0.1) is 0 Å². The standard InChI is InChI=1S/C20H20N4O2S/c25-19(16-8-4-5-9-21-16)23-20-22-18(15-6-2-1-3-7-15)17(27-20)14-24-10-12-26-13-11-24/h1-9H,10-14H2,(H,22,23,25). The highest BCUT2D eigenvalue weighted by Gasteiger charge is 2.19. The molecule has 0 unspecified atom stereocenters. The van der Waals surface area contributed by atoms with Crippen molar-refractivity contribution >= 4 is 22.4 Å². The van der Waals surface area contributed by atoms with Crippen LogP contribution in [0.1, 0.15) is 15.4 Å². The average molecular weight is 380 g/mol. The molecule has 1 fully saturated rings. The summed E-state index contributed by atoms with van der Waals surface area (Å²) >= 11 is 1.52. The second kappa shape index (κ2) is 8.39. The summed E-state index contributed by atoms with van der Waals surface area (Å²) in [6, 6.07) is 15.3. The van der Waals surface area contributed by atoms with Gasteiger partial charge in [0.2, 0.25) is 0 Å². The molecule has 0 saturated carbocycles. The third-order valence-electron chi connectivity index (χ3n) is 4.33. The normalized spacial score (nSPS) is 14.8. The molecule has 1 aromatic carbocycles. The van der Waals surface area contributed by atoms with Gasteiger partial charge in [-0.1, -0.05) is 47.7 Å². The van der Waals surface area contributed by atoms with Crippen molar-refractivity contribution < 1.29 is 9.53 Å². The minimum Gasteiger partial charge on any atom is -0.379 e. The molecule has 1 amide bonds. The number of hydrogen-bond donors (Lipinski definition) is 1. The van der Waals surface area contributed by atoms with Crippen molar-refractivity contribution in [3.05, 3.63) is 65.3 Å². The van der Waals surface area contributed by atoms with Crippen LogP contribution >= 0.6 is 11.3 Å². The molecule has 1 aliphatic rings. The SMILES string of the molecule is O=C(Nc1nc(-c2ccccc2)c(CN2CCOCC2)s1)c1ccccn1. The molecular weight excluding hydrogens is 360 g/mol. The maximum Gasteiger partial charge on any atom is 0.276 e. The number of hydrogen-bond acceptors (Lipinski definition) is 6. The lowest BCUT2D eigenvalue weighted by Gasteiger charge is -2.26. The van der Waals surface area contributed by atoms with Gasteiger partial charge in [0.15, 0.2) is 5.13 Å². The van der Waals surface area contributed by atoms with Crippen LogP contribution in [0.15, 0.2) is 54.7 Å². The van der Waals surface area contributed by atoms with E-state index in [0.29, 0.717) is 10.8 Å². The van der Waals surface area contributed by atoms with Crippen LogP contribution in [-0.2, 0) is 11.3 Å². The molecule has 0 bridgehead atoms. The average Bonchev–Trinajstić information content (AvgIpc) is 3.12. The van der Waals surface area contributed by atoms with Gasteiger partial charge in [-0.3, -0.25) is 20.0 Å². The summed E-state index contributed by atoms with van der Waals surface area (Å²) in [5.74, 6) is -0.248. The van der Waals surface area contributed by atoms with Gasteiger partial charge < -0.3 is 4.74 Å². The summed E-state index contributed by atoms with van der Waals surface area (Å²) in [5.41, 5.74) is 2.35. The Balaban J connectivity index is 1.60. The van der Waals surface area contributed by atoms with E-state index in [4.69, 9.17) is 9.72 Å². The van der Waals surface area contributed by atoms with Gasteiger partial charge in [0.25, 0.3) is 5.91 Å². The van der Waals surface area contributed by atoms with E-state index >= 15 is 0 Å². The van der Waals surface area contributed by atoms with E-state index in [0.717, 1.165) is 49.0 Å². The molecule has 0 spiro atoms. The van der Waals surface area contributed by atoms with Gasteiger partial charge in [-0.25, -0.2) is 4.98 Å². The van der Waals surface area contributed by atoms with Gasteiger partial charge in [0, 0.05) is 36.3 Å². The number of aromatic nitrogens is 2. The molecule has 1 N–H and O–H groups in total. The monoisotopic (exact) mass is 380 g/mol. The van der Waals surface area contributed by atoms with Crippen LogP contribution in [0.4, 0.5) is 5.13 Å². The fourth-order valence-corrected chi connectivity index (χ4v) is 3.98. The number of nitrogens with zero attached hydrogens (tertiary/aromatic N) is 3. The first-order chi connectivity index (χ1) is 13.3. The van der Waals surface area contributed by atoms with Gasteiger partial charge in [-0.15, -0.1) is 0 Å². The first-order valence-electron chi connectivity index (χ1n) is 8.87. The molecule has 0 radical (unpaired) electrons. The third-order valence-corrected chi connectivity index (χ3v) is 5.29. The van der Waals surface area contributed by atoms with Crippen molar-refractivity contribution in [3.63, 3.8) is 0 Å². The number of rotatable bonds is 5. The van der Waals surface area contributed by atoms with E-state index in [1.54, 1.807) is 24.4 Å². The van der Waals surface area contributed by atoms with Crippen molar-refractivity contribution in [1.82, 2.24) is 14.9 Å². The van der Waals surface area contributed by atoms with Crippen LogP contribution in [0.2, 0.25) is 0 Å². The Kier molecular flexibility index (Phi) is 5.53. The molecular formula is C20H20N4O2S. The van der Waals surface area contributed by atoms with Crippen LogP contribution in [0.5, 0.6) is 0 Å². The topological polar surface area (TPSA) is 67.4 Å². The number of carbonyl (C=O) groups is 1. The number of thiazole rings is 1. The Labute approximate surface area is 161 Å². The van der Waals surface area contributed by atoms with E-state index in [9.17, 15) is 4.79 Å². The quantitative estimate of drug-likeness (QED) is 0.736. The molecule has 0 aliphatic carbocycles. The van der Waals surface area contributed by atoms with Gasteiger partial charge in [-0.2, -0.15) is 0 Å². The number of nitrogens with one attached hydrogen (secondary N) is 1. The van der Waals surface area contributed by atoms with Crippen LogP contribution in [0.3, 0.4) is 0 Å². The molecule has 2 aromatic heterocycles. The highest BCUT2D eigenvalue weighted by Crippen LogP contribution is 2.32. The van der Waals surface area contributed by atoms with Crippen molar-refractivity contribution in [2.45, 2.75) is 6.54 Å². The van der Waals surface area contributed by atoms with Crippen LogP contribution in [0.25, 0.3) is 11.3 Å². The number of carbonyl (C=O) groups excluding carboxylic acids is 1. The highest BCUT2D eigenvalue weighted by atomic mass is 32.1. The van der Waals surface area contributed by atoms with Gasteiger partial charge in [-0.05, 0) is 12.1 Å². The summed E-state index contributed by atoms with van der Waals surface area (Å²) < 4.78 is 5.44. The van der Waals surface area contributed by atoms with Gasteiger partial charge in [0.1, 0.15) is 5.69 Å². The third kappa shape index (κ3) is 4.39. The maximum absolute atomic E-state index is 12.4. The molecule has 3 heterocycles. The van der Waals surface area contributed by atoms with E-state index in [-0.39, 0.29) is 5.91 Å². The van der Waals surface area contributed by atoms with Gasteiger partial charge >= 0.3 is 0 Å². The Morgan fingerprint density at radius 1 is 1.11 bits per heavy atom. The minimum atomic E-state index is -0.248. The van der Waals surface area contributed by atoms with Crippen molar-refractivity contribution in [2.24, 2.45) is 0 Å². The van der Waals surface area contributed by atoms with E-state index in [2.05, 4.69) is 15.2 Å². The van der Waals surface area contributed by atoms with Crippen molar-refractivity contribution in [1.29, 1.82) is 0 Å². The lowest BCUT2D eigenvalue weighted by molar-refractivity contribution is 0.0347. The summed E-state index contributed by atoms with van der Waals surface area (Å²) in [5, 5.41) is 3.48. The fourth-order valence-electron chi connectivity index (χ4n) is 2.95. The number of pyridine rings is 1. The smallest absolute Gasteiger partial charge is 0.276 e.